The Bertz CT molecular complexity index is 1810. The van der Waals surface area contributed by atoms with E-state index in [-0.39, 0.29) is 16.7 Å². The lowest BCUT2D eigenvalue weighted by Gasteiger charge is -2.47. The maximum absolute atomic E-state index is 13.7. The van der Waals surface area contributed by atoms with Gasteiger partial charge in [-0.15, -0.1) is 0 Å². The third-order valence-corrected chi connectivity index (χ3v) is 8.76. The van der Waals surface area contributed by atoms with Gasteiger partial charge in [0.1, 0.15) is 18.8 Å². The number of halogens is 1. The molecule has 0 radical (unpaired) electrons. The molecule has 10 atom stereocenters. The molecule has 55 heavy (non-hydrogen) atoms. The molecule has 0 N–H and O–H groups in total. The minimum absolute atomic E-state index is 0.100. The highest BCUT2D eigenvalue weighted by atomic mass is 35.5. The molecule has 0 aliphatic carbocycles. The molecule has 2 fully saturated rings. The van der Waals surface area contributed by atoms with Gasteiger partial charge in [-0.2, -0.15) is 0 Å². The summed E-state index contributed by atoms with van der Waals surface area (Å²) in [5.74, 6) is -4.88. The minimum Gasteiger partial charge on any atom is -0.463 e. The second-order valence-corrected chi connectivity index (χ2v) is 12.9. The van der Waals surface area contributed by atoms with Gasteiger partial charge >= 0.3 is 35.8 Å². The molecule has 0 amide bonds. The van der Waals surface area contributed by atoms with Gasteiger partial charge in [0.05, 0.1) is 22.8 Å². The van der Waals surface area contributed by atoms with Crippen LogP contribution in [0.2, 0.25) is 0 Å². The summed E-state index contributed by atoms with van der Waals surface area (Å²) in [6.07, 6.45) is -13.2. The molecular formula is C39H39ClO15. The van der Waals surface area contributed by atoms with Crippen LogP contribution in [-0.2, 0) is 57.0 Å². The molecule has 2 saturated heterocycles. The Morgan fingerprint density at radius 1 is 0.527 bits per heavy atom. The summed E-state index contributed by atoms with van der Waals surface area (Å²) in [6, 6.07) is 23.8. The predicted octanol–water partition coefficient (Wildman–Crippen LogP) is 4.18. The minimum atomic E-state index is -1.70. The molecule has 0 bridgehead atoms. The van der Waals surface area contributed by atoms with Gasteiger partial charge in [-0.3, -0.25) is 14.4 Å². The van der Waals surface area contributed by atoms with E-state index >= 15 is 0 Å². The first-order valence-electron chi connectivity index (χ1n) is 17.2. The van der Waals surface area contributed by atoms with Crippen molar-refractivity contribution in [1.82, 2.24) is 0 Å². The first-order valence-corrected chi connectivity index (χ1v) is 17.6. The number of benzene rings is 3. The molecule has 0 unspecified atom stereocenters. The Morgan fingerprint density at radius 2 is 0.945 bits per heavy atom. The van der Waals surface area contributed by atoms with E-state index in [9.17, 15) is 28.8 Å². The predicted molar refractivity (Wildman–Crippen MR) is 188 cm³/mol. The van der Waals surface area contributed by atoms with Crippen LogP contribution < -0.4 is 0 Å². The first kappa shape index (κ1) is 40.8. The molecule has 15 nitrogen and oxygen atoms in total. The molecule has 5 rings (SSSR count). The zero-order valence-electron chi connectivity index (χ0n) is 30.1. The highest BCUT2D eigenvalue weighted by Gasteiger charge is 2.56. The van der Waals surface area contributed by atoms with Crippen molar-refractivity contribution >= 4 is 47.4 Å². The third kappa shape index (κ3) is 10.7. The molecule has 0 saturated carbocycles. The van der Waals surface area contributed by atoms with Crippen LogP contribution in [-0.4, -0.2) is 103 Å². The van der Waals surface area contributed by atoms with E-state index in [1.165, 1.54) is 43.3 Å². The fourth-order valence-electron chi connectivity index (χ4n) is 5.96. The van der Waals surface area contributed by atoms with E-state index in [1.54, 1.807) is 54.6 Å². The molecule has 3 aromatic carbocycles. The van der Waals surface area contributed by atoms with E-state index in [4.69, 9.17) is 54.2 Å². The second-order valence-electron chi connectivity index (χ2n) is 12.5. The largest absolute Gasteiger partial charge is 0.463 e. The molecule has 292 valence electrons. The summed E-state index contributed by atoms with van der Waals surface area (Å²) >= 11 is 6.71. The number of hydrogen-bond acceptors (Lipinski definition) is 15. The topological polar surface area (TPSA) is 185 Å². The summed E-state index contributed by atoms with van der Waals surface area (Å²) < 4.78 is 52.5. The van der Waals surface area contributed by atoms with Gasteiger partial charge in [-0.05, 0) is 43.3 Å². The molecule has 2 aliphatic rings. The zero-order valence-corrected chi connectivity index (χ0v) is 30.9. The van der Waals surface area contributed by atoms with Gasteiger partial charge in [0, 0.05) is 20.8 Å². The third-order valence-electron chi connectivity index (χ3n) is 8.41. The molecule has 0 spiro atoms. The number of carbonyl (C=O) groups excluding carboxylic acids is 6. The van der Waals surface area contributed by atoms with Crippen LogP contribution in [0.4, 0.5) is 0 Å². The number of hydrogen-bond donors (Lipinski definition) is 0. The van der Waals surface area contributed by atoms with E-state index in [0.717, 1.165) is 20.8 Å². The number of esters is 6. The quantitative estimate of drug-likeness (QED) is 0.145. The van der Waals surface area contributed by atoms with Crippen molar-refractivity contribution in [2.45, 2.75) is 88.4 Å². The van der Waals surface area contributed by atoms with Crippen LogP contribution in [0.3, 0.4) is 0 Å². The van der Waals surface area contributed by atoms with Gasteiger partial charge < -0.3 is 42.6 Å². The lowest BCUT2D eigenvalue weighted by molar-refractivity contribution is -0.329. The highest BCUT2D eigenvalue weighted by Crippen LogP contribution is 2.36. The Balaban J connectivity index is 1.56. The zero-order chi connectivity index (χ0) is 39.6. The van der Waals surface area contributed by atoms with Gasteiger partial charge in [0.15, 0.2) is 42.4 Å². The van der Waals surface area contributed by atoms with Gasteiger partial charge in [0.2, 0.25) is 0 Å². The molecule has 2 aliphatic heterocycles. The Morgan fingerprint density at radius 3 is 1.40 bits per heavy atom. The summed E-state index contributed by atoms with van der Waals surface area (Å²) in [5, 5.41) is 0. The molecule has 3 aromatic rings. The van der Waals surface area contributed by atoms with Gasteiger partial charge in [-0.1, -0.05) is 66.2 Å². The maximum Gasteiger partial charge on any atom is 0.338 e. The maximum atomic E-state index is 13.7. The fourth-order valence-corrected chi connectivity index (χ4v) is 6.29. The van der Waals surface area contributed by atoms with Crippen molar-refractivity contribution in [2.24, 2.45) is 0 Å². The molecule has 2 heterocycles. The van der Waals surface area contributed by atoms with Crippen LogP contribution in [0.25, 0.3) is 0 Å². The number of carbonyl (C=O) groups is 6. The molecule has 16 heteroatoms. The monoisotopic (exact) mass is 782 g/mol. The standard InChI is InChI=1S/C39H39ClO15/c1-21-29(52-36(44)25-14-8-5-9-15-25)31(53-37(45)26-16-10-6-11-17-26)34(54-38(46)27-18-12-7-13-19-27)39(48-21)55-33-32(50-24(4)43)30(49-23(3)42)28(51-35(33)40)20-47-22(2)41/h5-19,21,28-35,39H,20H2,1-4H3/t21-,28+,29-,30-,31+,32-,33+,34+,35-,39-/m0/s1. The van der Waals surface area contributed by atoms with E-state index in [0.29, 0.717) is 0 Å². The SMILES string of the molecule is CC(=O)OC[C@H]1O[C@H](Cl)[C@H](O[C@@H]2O[C@@H](C)[C@H](OC(=O)c3ccccc3)[C@@H](OC(=O)c3ccccc3)[C@H]2OC(=O)c2ccccc2)[C@@H](OC(C)=O)[C@H]1OC(C)=O. The highest BCUT2D eigenvalue weighted by molar-refractivity contribution is 6.20. The van der Waals surface area contributed by atoms with Gasteiger partial charge in [-0.25, -0.2) is 14.4 Å². The van der Waals surface area contributed by atoms with E-state index < -0.39 is 103 Å². The second kappa shape index (κ2) is 18.8. The first-order chi connectivity index (χ1) is 26.3. The summed E-state index contributed by atoms with van der Waals surface area (Å²) in [6.45, 7) is 4.41. The van der Waals surface area contributed by atoms with Crippen LogP contribution in [0.15, 0.2) is 91.0 Å². The van der Waals surface area contributed by atoms with Crippen molar-refractivity contribution in [2.75, 3.05) is 6.61 Å². The summed E-state index contributed by atoms with van der Waals surface area (Å²) in [4.78, 5) is 77.2. The molecule has 0 aromatic heterocycles. The van der Waals surface area contributed by atoms with Crippen molar-refractivity contribution in [3.63, 3.8) is 0 Å². The average molecular weight is 783 g/mol. The van der Waals surface area contributed by atoms with Crippen molar-refractivity contribution in [3.05, 3.63) is 108 Å². The molecular weight excluding hydrogens is 744 g/mol. The smallest absolute Gasteiger partial charge is 0.338 e. The number of rotatable bonds is 12. The van der Waals surface area contributed by atoms with E-state index in [1.807, 2.05) is 0 Å². The van der Waals surface area contributed by atoms with Crippen LogP contribution in [0.1, 0.15) is 58.8 Å². The lowest BCUT2D eigenvalue weighted by atomic mass is 9.97. The van der Waals surface area contributed by atoms with Crippen LogP contribution in [0, 0.1) is 0 Å². The van der Waals surface area contributed by atoms with Crippen LogP contribution in [0.5, 0.6) is 0 Å². The average Bonchev–Trinajstić information content (AvgIpc) is 3.16. The van der Waals surface area contributed by atoms with Crippen molar-refractivity contribution < 1.29 is 71.4 Å². The van der Waals surface area contributed by atoms with Crippen molar-refractivity contribution in [3.8, 4) is 0 Å². The fraction of sp³-hybridized carbons (Fsp3) is 0.385. The normalized spacial score (nSPS) is 27.4. The summed E-state index contributed by atoms with van der Waals surface area (Å²) in [7, 11) is 0. The Kier molecular flexibility index (Phi) is 14.0. The van der Waals surface area contributed by atoms with Crippen LogP contribution >= 0.6 is 11.6 Å². The van der Waals surface area contributed by atoms with Crippen molar-refractivity contribution in [1.29, 1.82) is 0 Å². The number of ether oxygens (including phenoxy) is 9. The number of alkyl halides is 1. The lowest BCUT2D eigenvalue weighted by Crippen LogP contribution is -2.65. The Hall–Kier alpha value is -5.35. The summed E-state index contributed by atoms with van der Waals surface area (Å²) in [5.41, 5.74) is -1.10. The van der Waals surface area contributed by atoms with E-state index in [2.05, 4.69) is 0 Å². The Labute approximate surface area is 320 Å². The van der Waals surface area contributed by atoms with Gasteiger partial charge in [0.25, 0.3) is 0 Å².